The van der Waals surface area contributed by atoms with Gasteiger partial charge in [0.05, 0.1) is 12.6 Å². The number of rotatable bonds is 2. The first-order chi connectivity index (χ1) is 10.5. The Kier molecular flexibility index (Phi) is 3.53. The van der Waals surface area contributed by atoms with Crippen LogP contribution in [0, 0.1) is 25.5 Å². The second-order valence-electron chi connectivity index (χ2n) is 5.37. The van der Waals surface area contributed by atoms with Crippen LogP contribution in [0.15, 0.2) is 36.4 Å². The number of halogens is 2. The van der Waals surface area contributed by atoms with E-state index in [4.69, 9.17) is 4.74 Å². The highest BCUT2D eigenvalue weighted by Gasteiger charge is 2.14. The zero-order valence-corrected chi connectivity index (χ0v) is 12.6. The number of benzene rings is 2. The fourth-order valence-electron chi connectivity index (χ4n) is 2.66. The molecule has 0 spiro atoms. The molecule has 0 aliphatic heterocycles. The summed E-state index contributed by atoms with van der Waals surface area (Å²) in [5, 5.41) is 0.242. The minimum Gasteiger partial charge on any atom is -0.494 e. The first-order valence-electron chi connectivity index (χ1n) is 6.90. The molecule has 0 fully saturated rings. The number of fused-ring (bicyclic) bond motifs is 1. The van der Waals surface area contributed by atoms with E-state index in [1.165, 1.54) is 13.2 Å². The highest BCUT2D eigenvalue weighted by atomic mass is 19.1. The smallest absolute Gasteiger partial charge is 0.145 e. The molecule has 1 heterocycles. The van der Waals surface area contributed by atoms with Crippen molar-refractivity contribution in [1.82, 2.24) is 4.98 Å². The van der Waals surface area contributed by atoms with E-state index in [0.29, 0.717) is 11.4 Å². The number of pyridine rings is 1. The van der Waals surface area contributed by atoms with E-state index in [0.717, 1.165) is 22.8 Å². The molecule has 2 aromatic carbocycles. The van der Waals surface area contributed by atoms with Crippen molar-refractivity contribution in [2.24, 2.45) is 0 Å². The van der Waals surface area contributed by atoms with Gasteiger partial charge in [-0.15, -0.1) is 0 Å². The lowest BCUT2D eigenvalue weighted by Gasteiger charge is -2.11. The third kappa shape index (κ3) is 2.52. The molecule has 0 aliphatic carbocycles. The first kappa shape index (κ1) is 14.4. The maximum Gasteiger partial charge on any atom is 0.145 e. The largest absolute Gasteiger partial charge is 0.494 e. The van der Waals surface area contributed by atoms with Gasteiger partial charge in [-0.05, 0) is 32.0 Å². The van der Waals surface area contributed by atoms with E-state index in [1.807, 2.05) is 26.0 Å². The van der Waals surface area contributed by atoms with Gasteiger partial charge in [-0.3, -0.25) is 0 Å². The molecule has 3 aromatic rings. The van der Waals surface area contributed by atoms with Crippen molar-refractivity contribution < 1.29 is 13.5 Å². The summed E-state index contributed by atoms with van der Waals surface area (Å²) < 4.78 is 32.7. The number of hydrogen-bond donors (Lipinski definition) is 0. The molecule has 0 unspecified atom stereocenters. The summed E-state index contributed by atoms with van der Waals surface area (Å²) in [4.78, 5) is 4.42. The van der Waals surface area contributed by atoms with E-state index < -0.39 is 11.6 Å². The van der Waals surface area contributed by atoms with Gasteiger partial charge in [0, 0.05) is 23.1 Å². The fourth-order valence-corrected chi connectivity index (χ4v) is 2.66. The molecule has 1 aromatic heterocycles. The molecule has 0 saturated heterocycles. The molecular weight excluding hydrogens is 284 g/mol. The Morgan fingerprint density at radius 3 is 2.23 bits per heavy atom. The Morgan fingerprint density at radius 2 is 1.59 bits per heavy atom. The van der Waals surface area contributed by atoms with Gasteiger partial charge >= 0.3 is 0 Å². The minimum absolute atomic E-state index is 0.242. The van der Waals surface area contributed by atoms with Crippen LogP contribution >= 0.6 is 0 Å². The number of methoxy groups -OCH3 is 1. The lowest BCUT2D eigenvalue weighted by Crippen LogP contribution is -1.95. The van der Waals surface area contributed by atoms with Crippen LogP contribution in [0.1, 0.15) is 11.1 Å². The topological polar surface area (TPSA) is 22.1 Å². The van der Waals surface area contributed by atoms with Crippen molar-refractivity contribution in [2.45, 2.75) is 13.8 Å². The first-order valence-corrected chi connectivity index (χ1v) is 6.90. The summed E-state index contributed by atoms with van der Waals surface area (Å²) in [6, 6.07) is 9.63. The van der Waals surface area contributed by atoms with E-state index in [-0.39, 0.29) is 10.9 Å². The van der Waals surface area contributed by atoms with Gasteiger partial charge in [0.25, 0.3) is 0 Å². The Morgan fingerprint density at radius 1 is 0.909 bits per heavy atom. The number of nitrogens with zero attached hydrogens (tertiary/aromatic N) is 1. The Bertz CT molecular complexity index is 854. The summed E-state index contributed by atoms with van der Waals surface area (Å²) in [6.07, 6.45) is 0. The van der Waals surface area contributed by atoms with Crippen LogP contribution in [0.2, 0.25) is 0 Å². The third-order valence-corrected chi connectivity index (χ3v) is 3.53. The predicted molar refractivity (Wildman–Crippen MR) is 83.1 cm³/mol. The molecule has 0 bridgehead atoms. The summed E-state index contributed by atoms with van der Waals surface area (Å²) in [5.41, 5.74) is 3.88. The highest BCUT2D eigenvalue weighted by molar-refractivity contribution is 5.85. The zero-order chi connectivity index (χ0) is 15.9. The second-order valence-corrected chi connectivity index (χ2v) is 5.37. The highest BCUT2D eigenvalue weighted by Crippen LogP contribution is 2.33. The summed E-state index contributed by atoms with van der Waals surface area (Å²) in [7, 11) is 1.51. The zero-order valence-electron chi connectivity index (χ0n) is 12.6. The molecule has 22 heavy (non-hydrogen) atoms. The van der Waals surface area contributed by atoms with Gasteiger partial charge in [0.1, 0.15) is 23.1 Å². The lowest BCUT2D eigenvalue weighted by molar-refractivity contribution is 0.415. The van der Waals surface area contributed by atoms with Gasteiger partial charge in [-0.2, -0.15) is 0 Å². The number of ether oxygens (including phenoxy) is 1. The van der Waals surface area contributed by atoms with E-state index in [2.05, 4.69) is 11.1 Å². The maximum atomic E-state index is 13.9. The fraction of sp³-hybridized carbons (Fsp3) is 0.167. The van der Waals surface area contributed by atoms with Gasteiger partial charge in [0.15, 0.2) is 0 Å². The van der Waals surface area contributed by atoms with Gasteiger partial charge < -0.3 is 4.74 Å². The average molecular weight is 299 g/mol. The van der Waals surface area contributed by atoms with Gasteiger partial charge in [-0.1, -0.05) is 17.2 Å². The lowest BCUT2D eigenvalue weighted by atomic mass is 10.0. The molecule has 4 heteroatoms. The molecule has 0 amide bonds. The van der Waals surface area contributed by atoms with Crippen LogP contribution in [-0.2, 0) is 0 Å². The Balaban J connectivity index is 2.32. The number of hydrogen-bond acceptors (Lipinski definition) is 2. The molecule has 112 valence electrons. The van der Waals surface area contributed by atoms with Crippen molar-refractivity contribution in [2.75, 3.05) is 7.11 Å². The summed E-state index contributed by atoms with van der Waals surface area (Å²) in [6.45, 7) is 3.98. The molecule has 0 radical (unpaired) electrons. The normalized spacial score (nSPS) is 11.0. The van der Waals surface area contributed by atoms with Crippen LogP contribution in [0.5, 0.6) is 5.75 Å². The van der Waals surface area contributed by atoms with Crippen molar-refractivity contribution in [3.63, 3.8) is 0 Å². The van der Waals surface area contributed by atoms with Crippen LogP contribution in [0.3, 0.4) is 0 Å². The van der Waals surface area contributed by atoms with Crippen molar-refractivity contribution in [3.8, 4) is 17.0 Å². The van der Waals surface area contributed by atoms with Crippen molar-refractivity contribution in [3.05, 3.63) is 59.2 Å². The van der Waals surface area contributed by atoms with E-state index >= 15 is 0 Å². The van der Waals surface area contributed by atoms with Crippen LogP contribution < -0.4 is 4.74 Å². The molecule has 3 rings (SSSR count). The van der Waals surface area contributed by atoms with Crippen molar-refractivity contribution in [1.29, 1.82) is 0 Å². The van der Waals surface area contributed by atoms with Crippen LogP contribution in [-0.4, -0.2) is 12.1 Å². The average Bonchev–Trinajstić information content (AvgIpc) is 2.44. The maximum absolute atomic E-state index is 13.9. The second kappa shape index (κ2) is 5.37. The molecular formula is C18H15F2NO. The summed E-state index contributed by atoms with van der Waals surface area (Å²) in [5.74, 6) is -0.829. The molecule has 0 aliphatic rings. The summed E-state index contributed by atoms with van der Waals surface area (Å²) >= 11 is 0. The monoisotopic (exact) mass is 299 g/mol. The van der Waals surface area contributed by atoms with Gasteiger partial charge in [-0.25, -0.2) is 13.8 Å². The van der Waals surface area contributed by atoms with Gasteiger partial charge in [0.2, 0.25) is 0 Å². The number of aromatic nitrogens is 1. The molecule has 0 saturated carbocycles. The standard InChI is InChI=1S/C18H15F2NO/c1-10-4-11(2)6-12(5-10)18-17(22-3)9-14-15(20)7-13(19)8-16(14)21-18/h4-9H,1-3H3. The third-order valence-electron chi connectivity index (χ3n) is 3.53. The quantitative estimate of drug-likeness (QED) is 0.677. The molecule has 0 atom stereocenters. The SMILES string of the molecule is COc1cc2c(F)cc(F)cc2nc1-c1cc(C)cc(C)c1. The Labute approximate surface area is 127 Å². The molecule has 2 nitrogen and oxygen atoms in total. The predicted octanol–water partition coefficient (Wildman–Crippen LogP) is 4.81. The van der Waals surface area contributed by atoms with Crippen LogP contribution in [0.25, 0.3) is 22.2 Å². The Hall–Kier alpha value is -2.49. The van der Waals surface area contributed by atoms with E-state index in [1.54, 1.807) is 6.07 Å². The van der Waals surface area contributed by atoms with Crippen molar-refractivity contribution >= 4 is 10.9 Å². The minimum atomic E-state index is -0.646. The molecule has 0 N–H and O–H groups in total. The van der Waals surface area contributed by atoms with Crippen LogP contribution in [0.4, 0.5) is 8.78 Å². The van der Waals surface area contributed by atoms with E-state index in [9.17, 15) is 8.78 Å². The number of aryl methyl sites for hydroxylation is 2.